The molecular formula is C47H36O13. The number of rotatable bonds is 9. The molecule has 4 aliphatic heterocycles. The van der Waals surface area contributed by atoms with Crippen molar-refractivity contribution in [3.63, 3.8) is 0 Å². The number of carbonyl (C=O) groups excluding carboxylic acids is 2. The van der Waals surface area contributed by atoms with Gasteiger partial charge in [-0.2, -0.15) is 0 Å². The molecule has 2 N–H and O–H groups in total. The van der Waals surface area contributed by atoms with Gasteiger partial charge in [0.15, 0.2) is 41.5 Å². The molecule has 0 aliphatic carbocycles. The summed E-state index contributed by atoms with van der Waals surface area (Å²) >= 11 is 0. The Morgan fingerprint density at radius 2 is 0.950 bits per heavy atom. The minimum atomic E-state index is -1.45. The number of hydrogen-bond acceptors (Lipinski definition) is 13. The van der Waals surface area contributed by atoms with Gasteiger partial charge in [-0.1, -0.05) is 121 Å². The topological polar surface area (TPSA) is 158 Å². The van der Waals surface area contributed by atoms with Crippen LogP contribution in [0.1, 0.15) is 43.0 Å². The first-order chi connectivity index (χ1) is 29.3. The van der Waals surface area contributed by atoms with E-state index >= 15 is 0 Å². The molecule has 10 rings (SSSR count). The quantitative estimate of drug-likeness (QED) is 0.145. The molecule has 0 radical (unpaired) electrons. The predicted octanol–water partition coefficient (Wildman–Crippen LogP) is 6.96. The van der Waals surface area contributed by atoms with E-state index in [-0.39, 0.29) is 52.2 Å². The first kappa shape index (κ1) is 37.2. The second kappa shape index (κ2) is 14.6. The normalized spacial score (nSPS) is 22.5. The van der Waals surface area contributed by atoms with Crippen molar-refractivity contribution in [3.05, 3.63) is 179 Å². The lowest BCUT2D eigenvalue weighted by Crippen LogP contribution is -2.57. The lowest BCUT2D eigenvalue weighted by atomic mass is 9.97. The molecule has 5 atom stereocenters. The highest BCUT2D eigenvalue weighted by molar-refractivity contribution is 5.92. The SMILES string of the molecule is COC1C(OC(=O)c2cc(O)c3c(c2)OC(c2ccccc2)(c2ccccc2)O3)[C@@H]2OCC(O2)[C@H]1OC(=O)c1cc(O)c2c(c1)OC(c1ccccc1)(c1ccccc1)O2. The highest BCUT2D eigenvalue weighted by Crippen LogP contribution is 2.54. The summed E-state index contributed by atoms with van der Waals surface area (Å²) in [7, 11) is 1.38. The van der Waals surface area contributed by atoms with Crippen LogP contribution in [0.25, 0.3) is 0 Å². The summed E-state index contributed by atoms with van der Waals surface area (Å²) in [6.45, 7) is 0.00541. The standard InChI is InChI=1S/C47H36O13/c1-52-41-40(55-43(50)27-22-33(48)38-35(24-27)57-46(59-38,29-14-6-2-7-15-29)30-16-8-3-9-17-30)37-26-53-45(54-37)42(41)56-44(51)28-23-34(49)39-36(25-28)58-47(60-39,31-18-10-4-11-19-31)32-20-12-5-13-21-32/h2-25,37,40-42,45,48-49H,26H2,1H3/t37?,40-,41?,42?,45-/m1/s1. The zero-order valence-corrected chi connectivity index (χ0v) is 31.8. The Morgan fingerprint density at radius 1 is 0.550 bits per heavy atom. The van der Waals surface area contributed by atoms with Crippen LogP contribution in [0.3, 0.4) is 0 Å². The molecule has 4 heterocycles. The molecule has 2 fully saturated rings. The van der Waals surface area contributed by atoms with Crippen LogP contribution in [-0.4, -0.2) is 66.6 Å². The number of phenolic OH excluding ortho intramolecular Hbond substituents is 2. The molecule has 6 aromatic rings. The van der Waals surface area contributed by atoms with E-state index in [0.717, 1.165) is 0 Å². The van der Waals surface area contributed by atoms with Crippen LogP contribution >= 0.6 is 0 Å². The average molecular weight is 809 g/mol. The number of hydrogen-bond donors (Lipinski definition) is 2. The Hall–Kier alpha value is -7.06. The van der Waals surface area contributed by atoms with Crippen molar-refractivity contribution in [3.8, 4) is 34.5 Å². The zero-order chi connectivity index (χ0) is 41.0. The number of fused-ring (bicyclic) bond motifs is 4. The fourth-order valence-electron chi connectivity index (χ4n) is 8.10. The van der Waals surface area contributed by atoms with Gasteiger partial charge in [-0.05, 0) is 24.3 Å². The Bertz CT molecular complexity index is 2310. The molecule has 6 aromatic carbocycles. The van der Waals surface area contributed by atoms with E-state index in [1.54, 1.807) is 0 Å². The molecule has 0 spiro atoms. The first-order valence-corrected chi connectivity index (χ1v) is 19.2. The summed E-state index contributed by atoms with van der Waals surface area (Å²) < 4.78 is 55.3. The van der Waals surface area contributed by atoms with Crippen molar-refractivity contribution in [1.82, 2.24) is 0 Å². The number of aromatic hydroxyl groups is 2. The molecule has 2 saturated heterocycles. The largest absolute Gasteiger partial charge is 0.504 e. The lowest BCUT2D eigenvalue weighted by Gasteiger charge is -2.38. The molecule has 2 bridgehead atoms. The summed E-state index contributed by atoms with van der Waals surface area (Å²) in [6, 6.07) is 42.3. The van der Waals surface area contributed by atoms with Gasteiger partial charge in [0.1, 0.15) is 12.2 Å². The fraction of sp³-hybridized carbons (Fsp3) is 0.191. The van der Waals surface area contributed by atoms with Crippen LogP contribution in [0.2, 0.25) is 0 Å². The van der Waals surface area contributed by atoms with Crippen LogP contribution in [0.15, 0.2) is 146 Å². The van der Waals surface area contributed by atoms with Gasteiger partial charge in [0.25, 0.3) is 0 Å². The smallest absolute Gasteiger partial charge is 0.338 e. The number of ether oxygens (including phenoxy) is 9. The fourth-order valence-corrected chi connectivity index (χ4v) is 8.10. The minimum absolute atomic E-state index is 0.00541. The van der Waals surface area contributed by atoms with Gasteiger partial charge in [0.05, 0.1) is 17.7 Å². The van der Waals surface area contributed by atoms with Crippen molar-refractivity contribution in [2.75, 3.05) is 13.7 Å². The molecule has 60 heavy (non-hydrogen) atoms. The Morgan fingerprint density at radius 3 is 1.35 bits per heavy atom. The van der Waals surface area contributed by atoms with Gasteiger partial charge in [-0.3, -0.25) is 0 Å². The Labute approximate surface area is 343 Å². The summed E-state index contributed by atoms with van der Waals surface area (Å²) in [5, 5.41) is 22.4. The Kier molecular flexibility index (Phi) is 9.08. The van der Waals surface area contributed by atoms with Gasteiger partial charge < -0.3 is 52.8 Å². The highest BCUT2D eigenvalue weighted by Gasteiger charge is 2.56. The monoisotopic (exact) mass is 808 g/mol. The summed E-state index contributed by atoms with van der Waals surface area (Å²) in [6.07, 6.45) is -5.22. The Balaban J connectivity index is 0.892. The van der Waals surface area contributed by atoms with Crippen LogP contribution in [-0.2, 0) is 35.3 Å². The second-order valence-corrected chi connectivity index (χ2v) is 14.6. The van der Waals surface area contributed by atoms with E-state index in [1.165, 1.54) is 31.4 Å². The van der Waals surface area contributed by atoms with Crippen LogP contribution in [0, 0.1) is 0 Å². The molecule has 0 aromatic heterocycles. The van der Waals surface area contributed by atoms with E-state index < -0.39 is 54.2 Å². The van der Waals surface area contributed by atoms with Crippen molar-refractivity contribution in [2.45, 2.75) is 42.3 Å². The summed E-state index contributed by atoms with van der Waals surface area (Å²) in [5.41, 5.74) is 2.55. The number of phenols is 2. The molecule has 0 saturated carbocycles. The van der Waals surface area contributed by atoms with Gasteiger partial charge in [0, 0.05) is 29.4 Å². The molecule has 3 unspecified atom stereocenters. The van der Waals surface area contributed by atoms with Gasteiger partial charge in [-0.15, -0.1) is 0 Å². The highest BCUT2D eigenvalue weighted by atomic mass is 16.8. The summed E-state index contributed by atoms with van der Waals surface area (Å²) in [4.78, 5) is 27.8. The third kappa shape index (κ3) is 6.13. The first-order valence-electron chi connectivity index (χ1n) is 19.2. The van der Waals surface area contributed by atoms with Crippen molar-refractivity contribution in [1.29, 1.82) is 0 Å². The number of carbonyl (C=O) groups is 2. The summed E-state index contributed by atoms with van der Waals surface area (Å²) in [5.74, 6) is -4.98. The molecular weight excluding hydrogens is 773 g/mol. The maximum Gasteiger partial charge on any atom is 0.338 e. The average Bonchev–Trinajstić information content (AvgIpc) is 4.03. The van der Waals surface area contributed by atoms with Crippen LogP contribution < -0.4 is 18.9 Å². The molecule has 302 valence electrons. The van der Waals surface area contributed by atoms with Crippen molar-refractivity contribution < 1.29 is 62.4 Å². The maximum atomic E-state index is 13.9. The lowest BCUT2D eigenvalue weighted by molar-refractivity contribution is -0.234. The van der Waals surface area contributed by atoms with Gasteiger partial charge >= 0.3 is 23.5 Å². The van der Waals surface area contributed by atoms with Crippen LogP contribution in [0.4, 0.5) is 0 Å². The molecule has 4 aliphatic rings. The van der Waals surface area contributed by atoms with E-state index in [1.807, 2.05) is 121 Å². The number of esters is 2. The van der Waals surface area contributed by atoms with Gasteiger partial charge in [-0.25, -0.2) is 9.59 Å². The molecule has 13 heteroatoms. The number of methoxy groups -OCH3 is 1. The molecule has 0 amide bonds. The van der Waals surface area contributed by atoms with Gasteiger partial charge in [0.2, 0.25) is 11.5 Å². The van der Waals surface area contributed by atoms with E-state index in [0.29, 0.717) is 22.3 Å². The van der Waals surface area contributed by atoms with Crippen LogP contribution in [0.5, 0.6) is 34.5 Å². The van der Waals surface area contributed by atoms with E-state index in [2.05, 4.69) is 0 Å². The maximum absolute atomic E-state index is 13.9. The van der Waals surface area contributed by atoms with E-state index in [9.17, 15) is 19.8 Å². The zero-order valence-electron chi connectivity index (χ0n) is 31.8. The predicted molar refractivity (Wildman–Crippen MR) is 210 cm³/mol. The third-order valence-corrected chi connectivity index (χ3v) is 10.9. The third-order valence-electron chi connectivity index (χ3n) is 10.9. The second-order valence-electron chi connectivity index (χ2n) is 14.6. The number of benzene rings is 6. The van der Waals surface area contributed by atoms with E-state index in [4.69, 9.17) is 42.6 Å². The van der Waals surface area contributed by atoms with Crippen molar-refractivity contribution >= 4 is 11.9 Å². The molecule has 13 nitrogen and oxygen atoms in total. The minimum Gasteiger partial charge on any atom is -0.504 e. The van der Waals surface area contributed by atoms with Crippen molar-refractivity contribution in [2.24, 2.45) is 0 Å².